The molecule has 0 rings (SSSR count). The van der Waals surface area contributed by atoms with Crippen molar-refractivity contribution in [3.05, 3.63) is 48.6 Å². The van der Waals surface area contributed by atoms with Gasteiger partial charge in [0.2, 0.25) is 0 Å². The number of carboxylic acid groups (broad SMARTS) is 1. The number of unbranched alkanes of at least 4 members (excludes halogenated alkanes) is 57. The molecule has 0 heterocycles. The molecular formula is C87H164NO8+. The van der Waals surface area contributed by atoms with E-state index in [0.717, 1.165) is 64.2 Å². The summed E-state index contributed by atoms with van der Waals surface area (Å²) in [5, 5.41) is 9.78. The molecule has 0 spiro atoms. The molecule has 96 heavy (non-hydrogen) atoms. The van der Waals surface area contributed by atoms with Crippen LogP contribution in [0, 0.1) is 0 Å². The highest BCUT2D eigenvalue weighted by atomic mass is 16.7. The molecule has 0 aromatic carbocycles. The van der Waals surface area contributed by atoms with E-state index in [1.807, 2.05) is 21.1 Å². The van der Waals surface area contributed by atoms with Gasteiger partial charge in [0.05, 0.1) is 34.4 Å². The molecule has 0 aromatic rings. The normalized spacial score (nSPS) is 12.8. The van der Waals surface area contributed by atoms with Gasteiger partial charge in [-0.2, -0.15) is 0 Å². The Balaban J connectivity index is 3.93. The van der Waals surface area contributed by atoms with Crippen LogP contribution in [0.3, 0.4) is 0 Å². The summed E-state index contributed by atoms with van der Waals surface area (Å²) < 4.78 is 23.1. The molecule has 2 atom stereocenters. The zero-order valence-electron chi connectivity index (χ0n) is 64.8. The lowest BCUT2D eigenvalue weighted by Gasteiger charge is -2.25. The molecule has 0 saturated heterocycles. The first-order valence-corrected chi connectivity index (χ1v) is 42.3. The number of aliphatic carboxylic acids is 1. The number of carboxylic acids is 1. The highest BCUT2D eigenvalue weighted by Crippen LogP contribution is 2.21. The van der Waals surface area contributed by atoms with Gasteiger partial charge in [-0.05, 0) is 51.4 Å². The molecule has 0 radical (unpaired) electrons. The molecule has 0 aromatic heterocycles. The molecule has 9 nitrogen and oxygen atoms in total. The second-order valence-electron chi connectivity index (χ2n) is 30.1. The van der Waals surface area contributed by atoms with E-state index in [1.165, 1.54) is 340 Å². The lowest BCUT2D eigenvalue weighted by atomic mass is 10.0. The molecule has 0 bridgehead atoms. The lowest BCUT2D eigenvalue weighted by Crippen LogP contribution is -2.40. The summed E-state index contributed by atoms with van der Waals surface area (Å²) in [4.78, 5) is 37.8. The van der Waals surface area contributed by atoms with Crippen LogP contribution in [0.1, 0.15) is 431 Å². The van der Waals surface area contributed by atoms with Crippen LogP contribution >= 0.6 is 0 Å². The molecule has 0 saturated carbocycles. The van der Waals surface area contributed by atoms with Crippen molar-refractivity contribution in [3.63, 3.8) is 0 Å². The maximum atomic E-state index is 13.0. The number of allylic oxidation sites excluding steroid dienone is 8. The number of nitrogens with zero attached hydrogens (tertiary/aromatic N) is 1. The van der Waals surface area contributed by atoms with E-state index in [1.54, 1.807) is 0 Å². The Hall–Kier alpha value is -2.75. The number of hydrogen-bond donors (Lipinski definition) is 1. The maximum Gasteiger partial charge on any atom is 0.361 e. The number of likely N-dealkylation sites (N-methyl/N-ethyl adjacent to an activating group) is 1. The van der Waals surface area contributed by atoms with E-state index in [-0.39, 0.29) is 38.2 Å². The second kappa shape index (κ2) is 78.0. The van der Waals surface area contributed by atoms with E-state index in [0.29, 0.717) is 17.4 Å². The Bertz CT molecular complexity index is 1720. The fourth-order valence-corrected chi connectivity index (χ4v) is 13.0. The van der Waals surface area contributed by atoms with Gasteiger partial charge in [0, 0.05) is 12.8 Å². The van der Waals surface area contributed by atoms with Crippen LogP contribution in [0.15, 0.2) is 48.6 Å². The highest BCUT2D eigenvalue weighted by molar-refractivity contribution is 5.71. The zero-order chi connectivity index (χ0) is 69.7. The van der Waals surface area contributed by atoms with Crippen LogP contribution in [-0.2, 0) is 33.3 Å². The SMILES string of the molecule is CC/C=C\C/C=C\C/C=C\C/C=C\CCCCCCCCCCCCCCCCCCCCCCCCCCC(=O)OC(COC(=O)CCCCCCCCCCCCCCCCCCCCCCCCCCCCCCCCCCCC)COC(OCC[N+](C)(C)C)C(=O)O. The van der Waals surface area contributed by atoms with Crippen molar-refractivity contribution in [2.24, 2.45) is 0 Å². The molecule has 9 heteroatoms. The quantitative estimate of drug-likeness (QED) is 0.0211. The summed E-state index contributed by atoms with van der Waals surface area (Å²) in [6, 6.07) is 0. The summed E-state index contributed by atoms with van der Waals surface area (Å²) in [6.45, 7) is 4.85. The summed E-state index contributed by atoms with van der Waals surface area (Å²) in [6.07, 6.45) is 100. The first-order valence-electron chi connectivity index (χ1n) is 42.3. The van der Waals surface area contributed by atoms with Gasteiger partial charge < -0.3 is 28.5 Å². The van der Waals surface area contributed by atoms with Gasteiger partial charge in [0.25, 0.3) is 6.29 Å². The monoisotopic (exact) mass is 1350 g/mol. The fourth-order valence-electron chi connectivity index (χ4n) is 13.0. The zero-order valence-corrected chi connectivity index (χ0v) is 64.8. The third-order valence-electron chi connectivity index (χ3n) is 19.3. The lowest BCUT2D eigenvalue weighted by molar-refractivity contribution is -0.870. The summed E-state index contributed by atoms with van der Waals surface area (Å²) in [5.74, 6) is -1.97. The number of carbonyl (C=O) groups excluding carboxylic acids is 2. The van der Waals surface area contributed by atoms with Gasteiger partial charge in [-0.25, -0.2) is 4.79 Å². The third-order valence-corrected chi connectivity index (χ3v) is 19.3. The first kappa shape index (κ1) is 93.2. The Morgan fingerprint density at radius 1 is 0.323 bits per heavy atom. The molecule has 0 aliphatic rings. The summed E-state index contributed by atoms with van der Waals surface area (Å²) >= 11 is 0. The maximum absolute atomic E-state index is 13.0. The van der Waals surface area contributed by atoms with Crippen molar-refractivity contribution in [1.29, 1.82) is 0 Å². The van der Waals surface area contributed by atoms with E-state index < -0.39 is 18.4 Å². The van der Waals surface area contributed by atoms with E-state index in [2.05, 4.69) is 62.5 Å². The molecule has 0 aliphatic heterocycles. The molecule has 0 amide bonds. The van der Waals surface area contributed by atoms with Crippen molar-refractivity contribution in [2.75, 3.05) is 47.5 Å². The smallest absolute Gasteiger partial charge is 0.361 e. The predicted molar refractivity (Wildman–Crippen MR) is 415 cm³/mol. The van der Waals surface area contributed by atoms with E-state index in [9.17, 15) is 19.5 Å². The summed E-state index contributed by atoms with van der Waals surface area (Å²) in [7, 11) is 6.00. The van der Waals surface area contributed by atoms with Crippen molar-refractivity contribution in [2.45, 2.75) is 444 Å². The molecule has 2 unspecified atom stereocenters. The van der Waals surface area contributed by atoms with E-state index in [4.69, 9.17) is 18.9 Å². The number of ether oxygens (including phenoxy) is 4. The number of rotatable bonds is 80. The number of hydrogen-bond acceptors (Lipinski definition) is 7. The van der Waals surface area contributed by atoms with E-state index >= 15 is 0 Å². The Morgan fingerprint density at radius 2 is 0.594 bits per heavy atom. The average Bonchev–Trinajstić information content (AvgIpc) is 2.74. The van der Waals surface area contributed by atoms with Gasteiger partial charge in [0.1, 0.15) is 13.2 Å². The molecule has 1 N–H and O–H groups in total. The highest BCUT2D eigenvalue weighted by Gasteiger charge is 2.25. The van der Waals surface area contributed by atoms with Crippen LogP contribution in [0.5, 0.6) is 0 Å². The molecule has 564 valence electrons. The first-order chi connectivity index (χ1) is 47.1. The predicted octanol–water partition coefficient (Wildman–Crippen LogP) is 27.2. The van der Waals surface area contributed by atoms with Crippen molar-refractivity contribution in [3.8, 4) is 0 Å². The minimum Gasteiger partial charge on any atom is -0.477 e. The Labute approximate surface area is 597 Å². The van der Waals surface area contributed by atoms with Crippen molar-refractivity contribution in [1.82, 2.24) is 0 Å². The largest absolute Gasteiger partial charge is 0.477 e. The number of esters is 2. The number of carbonyl (C=O) groups is 3. The Morgan fingerprint density at radius 3 is 0.885 bits per heavy atom. The topological polar surface area (TPSA) is 108 Å². The van der Waals surface area contributed by atoms with Crippen LogP contribution < -0.4 is 0 Å². The van der Waals surface area contributed by atoms with Crippen LogP contribution in [0.2, 0.25) is 0 Å². The van der Waals surface area contributed by atoms with Crippen LogP contribution in [-0.4, -0.2) is 87.4 Å². The molecular weight excluding hydrogens is 1190 g/mol. The van der Waals surface area contributed by atoms with Crippen LogP contribution in [0.25, 0.3) is 0 Å². The molecule has 0 fully saturated rings. The third kappa shape index (κ3) is 78.6. The van der Waals surface area contributed by atoms with Gasteiger partial charge >= 0.3 is 17.9 Å². The van der Waals surface area contributed by atoms with Crippen molar-refractivity contribution >= 4 is 17.9 Å². The second-order valence-corrected chi connectivity index (χ2v) is 30.1. The van der Waals surface area contributed by atoms with Gasteiger partial charge in [-0.3, -0.25) is 9.59 Å². The fraction of sp³-hybridized carbons (Fsp3) is 0.874. The summed E-state index contributed by atoms with van der Waals surface area (Å²) in [5.41, 5.74) is 0. The average molecular weight is 1350 g/mol. The van der Waals surface area contributed by atoms with Crippen molar-refractivity contribution < 1.29 is 42.9 Å². The van der Waals surface area contributed by atoms with Gasteiger partial charge in [-0.1, -0.05) is 416 Å². The minimum absolute atomic E-state index is 0.175. The Kier molecular flexibility index (Phi) is 75.7. The van der Waals surface area contributed by atoms with Gasteiger partial charge in [-0.15, -0.1) is 0 Å². The number of quaternary nitrogens is 1. The van der Waals surface area contributed by atoms with Crippen LogP contribution in [0.4, 0.5) is 0 Å². The molecule has 0 aliphatic carbocycles. The van der Waals surface area contributed by atoms with Gasteiger partial charge in [0.15, 0.2) is 6.10 Å². The standard InChI is InChI=1S/C87H163NO8/c1-6-8-10-12-14-16-18-20-22-24-26-28-30-32-34-36-38-40-42-43-44-46-48-50-52-54-56-58-60-62-64-66-68-70-72-74-76-78-85(90)96-83(82-95-87(86(91)92)93-80-79-88(3,4)5)81-94-84(89)77-75-73-71-69-67-65-63-61-59-57-55-53-51-49-47-45-41-39-37-35-33-31-29-27-25-23-21-19-17-15-13-11-9-7-2/h8,10,14,16,20,22,26,28,83,87H,6-7,9,11-13,15,17-19,21,23-25,27,29-82H2,1-5H3/p+1/b10-8-,16-14-,22-20-,28-26-. The minimum atomic E-state index is -1.51.